The quantitative estimate of drug-likeness (QED) is 0.633. The molecule has 1 N–H and O–H groups in total. The van der Waals surface area contributed by atoms with E-state index in [9.17, 15) is 9.59 Å². The summed E-state index contributed by atoms with van der Waals surface area (Å²) in [6.07, 6.45) is 1.43. The van der Waals surface area contributed by atoms with Crippen LogP contribution in [0.4, 0.5) is 5.69 Å². The van der Waals surface area contributed by atoms with Crippen LogP contribution in [0.5, 0.6) is 0 Å². The number of halogens is 1. The van der Waals surface area contributed by atoms with Gasteiger partial charge < -0.3 is 14.5 Å². The number of hydrogen-bond acceptors (Lipinski definition) is 4. The van der Waals surface area contributed by atoms with E-state index in [4.69, 9.17) is 9.15 Å². The largest absolute Gasteiger partial charge is 0.459 e. The van der Waals surface area contributed by atoms with Crippen LogP contribution in [-0.2, 0) is 11.3 Å². The normalized spacial score (nSPS) is 10.3. The van der Waals surface area contributed by atoms with Crippen molar-refractivity contribution in [2.24, 2.45) is 0 Å². The van der Waals surface area contributed by atoms with E-state index in [-0.39, 0.29) is 18.3 Å². The van der Waals surface area contributed by atoms with Gasteiger partial charge in [-0.05, 0) is 54.1 Å². The SMILES string of the molecule is O=C(OCc1ccc(Br)cc1)c1ccc(NC(=O)c2ccco2)cc1. The molecule has 0 bridgehead atoms. The van der Waals surface area contributed by atoms with Crippen LogP contribution in [0.2, 0.25) is 0 Å². The molecule has 0 aliphatic rings. The zero-order valence-electron chi connectivity index (χ0n) is 13.1. The monoisotopic (exact) mass is 399 g/mol. The predicted octanol–water partition coefficient (Wildman–Crippen LogP) is 4.65. The fraction of sp³-hybridized carbons (Fsp3) is 0.0526. The lowest BCUT2D eigenvalue weighted by atomic mass is 10.2. The second-order valence-electron chi connectivity index (χ2n) is 5.21. The third-order valence-corrected chi connectivity index (χ3v) is 3.94. The zero-order chi connectivity index (χ0) is 17.6. The van der Waals surface area contributed by atoms with Crippen molar-refractivity contribution in [1.82, 2.24) is 0 Å². The summed E-state index contributed by atoms with van der Waals surface area (Å²) in [6.45, 7) is 0.198. The van der Waals surface area contributed by atoms with E-state index < -0.39 is 5.97 Å². The lowest BCUT2D eigenvalue weighted by Crippen LogP contribution is -2.11. The Morgan fingerprint density at radius 1 is 1.00 bits per heavy atom. The van der Waals surface area contributed by atoms with Crippen LogP contribution >= 0.6 is 15.9 Å². The van der Waals surface area contributed by atoms with Gasteiger partial charge in [0.05, 0.1) is 11.8 Å². The standard InChI is InChI=1S/C19H14BrNO4/c20-15-7-3-13(4-8-15)12-25-19(23)14-5-9-16(10-6-14)21-18(22)17-2-1-11-24-17/h1-11H,12H2,(H,21,22). The molecule has 1 aromatic heterocycles. The molecule has 0 saturated carbocycles. The number of furan rings is 1. The first-order valence-electron chi connectivity index (χ1n) is 7.48. The molecule has 126 valence electrons. The predicted molar refractivity (Wildman–Crippen MR) is 96.4 cm³/mol. The molecule has 0 spiro atoms. The fourth-order valence-corrected chi connectivity index (χ4v) is 2.37. The maximum atomic E-state index is 12.1. The van der Waals surface area contributed by atoms with E-state index in [2.05, 4.69) is 21.2 Å². The van der Waals surface area contributed by atoms with Gasteiger partial charge in [0.2, 0.25) is 0 Å². The molecule has 0 fully saturated rings. The van der Waals surface area contributed by atoms with E-state index in [1.165, 1.54) is 6.26 Å². The van der Waals surface area contributed by atoms with Gasteiger partial charge in [-0.15, -0.1) is 0 Å². The Balaban J connectivity index is 1.56. The number of benzene rings is 2. The summed E-state index contributed by atoms with van der Waals surface area (Å²) < 4.78 is 11.3. The number of carbonyl (C=O) groups excluding carboxylic acids is 2. The maximum Gasteiger partial charge on any atom is 0.338 e. The zero-order valence-corrected chi connectivity index (χ0v) is 14.7. The topological polar surface area (TPSA) is 68.5 Å². The number of hydrogen-bond donors (Lipinski definition) is 1. The van der Waals surface area contributed by atoms with Crippen molar-refractivity contribution >= 4 is 33.5 Å². The van der Waals surface area contributed by atoms with E-state index in [1.807, 2.05) is 24.3 Å². The molecule has 0 unspecified atom stereocenters. The Bertz CT molecular complexity index is 855. The van der Waals surface area contributed by atoms with Crippen LogP contribution < -0.4 is 5.32 Å². The average Bonchev–Trinajstić information content (AvgIpc) is 3.16. The molecule has 1 heterocycles. The molecule has 25 heavy (non-hydrogen) atoms. The first-order chi connectivity index (χ1) is 12.1. The number of ether oxygens (including phenoxy) is 1. The first kappa shape index (κ1) is 17.0. The van der Waals surface area contributed by atoms with Crippen molar-refractivity contribution < 1.29 is 18.7 Å². The number of rotatable bonds is 5. The molecular weight excluding hydrogens is 386 g/mol. The van der Waals surface area contributed by atoms with Crippen LogP contribution in [0.3, 0.4) is 0 Å². The summed E-state index contributed by atoms with van der Waals surface area (Å²) in [5.41, 5.74) is 1.87. The van der Waals surface area contributed by atoms with Crippen LogP contribution in [0, 0.1) is 0 Å². The number of esters is 1. The summed E-state index contributed by atoms with van der Waals surface area (Å²) in [5.74, 6) is -0.555. The Morgan fingerprint density at radius 2 is 1.72 bits per heavy atom. The smallest absolute Gasteiger partial charge is 0.338 e. The summed E-state index contributed by atoms with van der Waals surface area (Å²) in [5, 5.41) is 2.68. The molecule has 3 rings (SSSR count). The van der Waals surface area contributed by atoms with Crippen molar-refractivity contribution in [2.75, 3.05) is 5.32 Å². The molecule has 0 aliphatic carbocycles. The van der Waals surface area contributed by atoms with Crippen molar-refractivity contribution in [3.05, 3.63) is 88.3 Å². The molecule has 6 heteroatoms. The molecule has 5 nitrogen and oxygen atoms in total. The maximum absolute atomic E-state index is 12.1. The van der Waals surface area contributed by atoms with Crippen molar-refractivity contribution in [3.63, 3.8) is 0 Å². The van der Waals surface area contributed by atoms with E-state index in [1.54, 1.807) is 36.4 Å². The lowest BCUT2D eigenvalue weighted by Gasteiger charge is -2.07. The van der Waals surface area contributed by atoms with Crippen molar-refractivity contribution in [2.45, 2.75) is 6.61 Å². The summed E-state index contributed by atoms with van der Waals surface area (Å²) in [4.78, 5) is 23.9. The highest BCUT2D eigenvalue weighted by atomic mass is 79.9. The fourth-order valence-electron chi connectivity index (χ4n) is 2.10. The number of carbonyl (C=O) groups is 2. The first-order valence-corrected chi connectivity index (χ1v) is 8.27. The second-order valence-corrected chi connectivity index (χ2v) is 6.13. The molecule has 0 radical (unpaired) electrons. The number of amides is 1. The highest BCUT2D eigenvalue weighted by Gasteiger charge is 2.10. The van der Waals surface area contributed by atoms with Crippen LogP contribution in [0.1, 0.15) is 26.5 Å². The average molecular weight is 400 g/mol. The van der Waals surface area contributed by atoms with E-state index >= 15 is 0 Å². The highest BCUT2D eigenvalue weighted by molar-refractivity contribution is 9.10. The van der Waals surface area contributed by atoms with Crippen molar-refractivity contribution in [1.29, 1.82) is 0 Å². The minimum absolute atomic E-state index is 0.198. The molecule has 0 saturated heterocycles. The van der Waals surface area contributed by atoms with Crippen LogP contribution in [0.15, 0.2) is 75.8 Å². The van der Waals surface area contributed by atoms with Gasteiger partial charge in [0, 0.05) is 10.2 Å². The molecular formula is C19H14BrNO4. The number of anilines is 1. The van der Waals surface area contributed by atoms with Gasteiger partial charge in [0.1, 0.15) is 6.61 Å². The molecule has 0 atom stereocenters. The molecule has 0 aliphatic heterocycles. The van der Waals surface area contributed by atoms with Gasteiger partial charge in [-0.1, -0.05) is 28.1 Å². The van der Waals surface area contributed by atoms with E-state index in [0.29, 0.717) is 11.3 Å². The van der Waals surface area contributed by atoms with Gasteiger partial charge in [-0.25, -0.2) is 4.79 Å². The molecule has 2 aromatic carbocycles. The highest BCUT2D eigenvalue weighted by Crippen LogP contribution is 2.14. The summed E-state index contributed by atoms with van der Waals surface area (Å²) in [7, 11) is 0. The van der Waals surface area contributed by atoms with Gasteiger partial charge in [-0.2, -0.15) is 0 Å². The summed E-state index contributed by atoms with van der Waals surface area (Å²) >= 11 is 3.35. The van der Waals surface area contributed by atoms with Crippen molar-refractivity contribution in [3.8, 4) is 0 Å². The molecule has 1 amide bonds. The van der Waals surface area contributed by atoms with Crippen LogP contribution in [-0.4, -0.2) is 11.9 Å². The Morgan fingerprint density at radius 3 is 2.36 bits per heavy atom. The minimum atomic E-state index is -0.424. The summed E-state index contributed by atoms with van der Waals surface area (Å²) in [6, 6.07) is 17.2. The lowest BCUT2D eigenvalue weighted by molar-refractivity contribution is 0.0472. The molecule has 3 aromatic rings. The Kier molecular flexibility index (Phi) is 5.30. The Hall–Kier alpha value is -2.86. The number of nitrogens with one attached hydrogen (secondary N) is 1. The third-order valence-electron chi connectivity index (χ3n) is 3.41. The second kappa shape index (κ2) is 7.81. The van der Waals surface area contributed by atoms with Gasteiger partial charge in [0.25, 0.3) is 5.91 Å². The van der Waals surface area contributed by atoms with Crippen LogP contribution in [0.25, 0.3) is 0 Å². The van der Waals surface area contributed by atoms with E-state index in [0.717, 1.165) is 10.0 Å². The van der Waals surface area contributed by atoms with Gasteiger partial charge >= 0.3 is 5.97 Å². The third kappa shape index (κ3) is 4.58. The van der Waals surface area contributed by atoms with Gasteiger partial charge in [0.15, 0.2) is 5.76 Å². The van der Waals surface area contributed by atoms with Gasteiger partial charge in [-0.3, -0.25) is 4.79 Å². The minimum Gasteiger partial charge on any atom is -0.459 e. The Labute approximate surface area is 152 Å².